The number of rotatable bonds is 7. The van der Waals surface area contributed by atoms with Crippen LogP contribution in [-0.4, -0.2) is 35.4 Å². The van der Waals surface area contributed by atoms with Crippen LogP contribution in [0, 0.1) is 17.1 Å². The Morgan fingerprint density at radius 3 is 2.55 bits per heavy atom. The van der Waals surface area contributed by atoms with E-state index in [1.165, 1.54) is 16.8 Å². The standard InChI is InChI=1S/C25H26FN5O2/c26-19-8-10-20(11-9-19)31-23(28)21(17-27)22(30-31)7-4-14-29-24(32)25(12-15-33-16-13-25)18-5-2-1-3-6-18/h1-3,5-6,8-11H,4,7,12-16,28H2,(H,29,32). The van der Waals surface area contributed by atoms with Gasteiger partial charge >= 0.3 is 0 Å². The van der Waals surface area contributed by atoms with E-state index in [0.29, 0.717) is 62.4 Å². The fourth-order valence-electron chi connectivity index (χ4n) is 4.31. The lowest BCUT2D eigenvalue weighted by atomic mass is 9.73. The lowest BCUT2D eigenvalue weighted by Gasteiger charge is -2.36. The first kappa shape index (κ1) is 22.5. The van der Waals surface area contributed by atoms with E-state index in [0.717, 1.165) is 5.56 Å². The summed E-state index contributed by atoms with van der Waals surface area (Å²) in [7, 11) is 0. The normalized spacial score (nSPS) is 15.0. The zero-order chi connectivity index (χ0) is 23.3. The molecule has 1 aliphatic heterocycles. The Morgan fingerprint density at radius 2 is 1.88 bits per heavy atom. The molecule has 0 bridgehead atoms. The number of hydrogen-bond donors (Lipinski definition) is 2. The van der Waals surface area contributed by atoms with Crippen LogP contribution in [0.2, 0.25) is 0 Å². The number of aryl methyl sites for hydroxylation is 1. The number of nitrogen functional groups attached to an aromatic ring is 1. The summed E-state index contributed by atoms with van der Waals surface area (Å²) in [4.78, 5) is 13.2. The quantitative estimate of drug-likeness (QED) is 0.541. The predicted molar refractivity (Wildman–Crippen MR) is 122 cm³/mol. The third kappa shape index (κ3) is 4.59. The van der Waals surface area contributed by atoms with Gasteiger partial charge in [0.15, 0.2) is 0 Å². The molecule has 3 N–H and O–H groups in total. The second-order valence-electron chi connectivity index (χ2n) is 8.13. The number of carbonyl (C=O) groups is 1. The summed E-state index contributed by atoms with van der Waals surface area (Å²) in [6, 6.07) is 17.7. The number of ether oxygens (including phenoxy) is 1. The molecule has 0 radical (unpaired) electrons. The average molecular weight is 448 g/mol. The molecule has 1 amide bonds. The fraction of sp³-hybridized carbons (Fsp3) is 0.320. The minimum absolute atomic E-state index is 0.00568. The van der Waals surface area contributed by atoms with Crippen molar-refractivity contribution in [1.82, 2.24) is 15.1 Å². The predicted octanol–water partition coefficient (Wildman–Crippen LogP) is 3.26. The number of nitrogens with zero attached hydrogens (tertiary/aromatic N) is 3. The smallest absolute Gasteiger partial charge is 0.230 e. The van der Waals surface area contributed by atoms with Gasteiger partial charge < -0.3 is 15.8 Å². The van der Waals surface area contributed by atoms with Gasteiger partial charge in [0.2, 0.25) is 5.91 Å². The number of nitrogens with one attached hydrogen (secondary N) is 1. The maximum atomic E-state index is 13.2. The van der Waals surface area contributed by atoms with Crippen LogP contribution in [0.4, 0.5) is 10.2 Å². The van der Waals surface area contributed by atoms with Gasteiger partial charge in [-0.1, -0.05) is 30.3 Å². The summed E-state index contributed by atoms with van der Waals surface area (Å²) in [5.74, 6) is -0.152. The highest BCUT2D eigenvalue weighted by Gasteiger charge is 2.41. The van der Waals surface area contributed by atoms with Crippen LogP contribution in [0.1, 0.15) is 36.1 Å². The molecule has 0 aliphatic carbocycles. The van der Waals surface area contributed by atoms with E-state index in [2.05, 4.69) is 16.5 Å². The summed E-state index contributed by atoms with van der Waals surface area (Å²) >= 11 is 0. The van der Waals surface area contributed by atoms with Crippen LogP contribution < -0.4 is 11.1 Å². The van der Waals surface area contributed by atoms with Crippen molar-refractivity contribution in [3.63, 3.8) is 0 Å². The summed E-state index contributed by atoms with van der Waals surface area (Å²) in [5.41, 5.74) is 7.96. The molecule has 2 aromatic carbocycles. The molecule has 1 aromatic heterocycles. The Balaban J connectivity index is 1.42. The maximum Gasteiger partial charge on any atom is 0.230 e. The van der Waals surface area contributed by atoms with Gasteiger partial charge in [-0.05, 0) is 55.5 Å². The van der Waals surface area contributed by atoms with Crippen LogP contribution >= 0.6 is 0 Å². The van der Waals surface area contributed by atoms with Gasteiger partial charge in [0.25, 0.3) is 0 Å². The molecule has 3 aromatic rings. The number of amides is 1. The fourth-order valence-corrected chi connectivity index (χ4v) is 4.31. The maximum absolute atomic E-state index is 13.2. The Hall–Kier alpha value is -3.70. The molecule has 8 heteroatoms. The average Bonchev–Trinajstić information content (AvgIpc) is 3.18. The van der Waals surface area contributed by atoms with E-state index in [1.54, 1.807) is 12.1 Å². The van der Waals surface area contributed by atoms with Gasteiger partial charge in [-0.2, -0.15) is 10.4 Å². The molecule has 1 saturated heterocycles. The van der Waals surface area contributed by atoms with Crippen LogP contribution in [0.25, 0.3) is 5.69 Å². The van der Waals surface area contributed by atoms with Crippen LogP contribution in [0.15, 0.2) is 54.6 Å². The zero-order valence-corrected chi connectivity index (χ0v) is 18.3. The van der Waals surface area contributed by atoms with Crippen molar-refractivity contribution in [2.24, 2.45) is 0 Å². The van der Waals surface area contributed by atoms with Crippen molar-refractivity contribution < 1.29 is 13.9 Å². The number of carbonyl (C=O) groups excluding carboxylic acids is 1. The number of nitriles is 1. The van der Waals surface area contributed by atoms with Crippen molar-refractivity contribution >= 4 is 11.7 Å². The molecule has 0 saturated carbocycles. The number of hydrogen-bond acceptors (Lipinski definition) is 5. The van der Waals surface area contributed by atoms with Gasteiger partial charge in [0, 0.05) is 19.8 Å². The molecule has 0 unspecified atom stereocenters. The van der Waals surface area contributed by atoms with E-state index < -0.39 is 5.41 Å². The minimum Gasteiger partial charge on any atom is -0.382 e. The Bertz CT molecular complexity index is 1150. The van der Waals surface area contributed by atoms with Gasteiger partial charge in [-0.15, -0.1) is 0 Å². The van der Waals surface area contributed by atoms with E-state index >= 15 is 0 Å². The summed E-state index contributed by atoms with van der Waals surface area (Å²) < 4.78 is 20.2. The molecule has 33 heavy (non-hydrogen) atoms. The Labute approximate surface area is 192 Å². The van der Waals surface area contributed by atoms with E-state index in [-0.39, 0.29) is 17.5 Å². The van der Waals surface area contributed by atoms with E-state index in [1.807, 2.05) is 30.3 Å². The summed E-state index contributed by atoms with van der Waals surface area (Å²) in [6.07, 6.45) is 2.35. The molecular formula is C25H26FN5O2. The van der Waals surface area contributed by atoms with E-state index in [9.17, 15) is 14.4 Å². The molecule has 170 valence electrons. The lowest BCUT2D eigenvalue weighted by Crippen LogP contribution is -2.48. The zero-order valence-electron chi connectivity index (χ0n) is 18.3. The second kappa shape index (κ2) is 9.84. The Morgan fingerprint density at radius 1 is 1.18 bits per heavy atom. The molecule has 0 atom stereocenters. The number of anilines is 1. The van der Waals surface area contributed by atoms with Gasteiger partial charge in [0.1, 0.15) is 23.3 Å². The number of aromatic nitrogens is 2. The molecule has 0 spiro atoms. The van der Waals surface area contributed by atoms with Crippen molar-refractivity contribution in [3.8, 4) is 11.8 Å². The summed E-state index contributed by atoms with van der Waals surface area (Å²) in [6.45, 7) is 1.55. The van der Waals surface area contributed by atoms with Gasteiger partial charge in [-0.3, -0.25) is 4.79 Å². The largest absolute Gasteiger partial charge is 0.382 e. The topological polar surface area (TPSA) is 106 Å². The monoisotopic (exact) mass is 447 g/mol. The molecule has 1 aliphatic rings. The highest BCUT2D eigenvalue weighted by Crippen LogP contribution is 2.35. The van der Waals surface area contributed by atoms with Gasteiger partial charge in [-0.25, -0.2) is 9.07 Å². The first-order valence-corrected chi connectivity index (χ1v) is 11.0. The van der Waals surface area contributed by atoms with Crippen molar-refractivity contribution in [2.45, 2.75) is 31.1 Å². The third-order valence-corrected chi connectivity index (χ3v) is 6.16. The number of nitrogens with two attached hydrogens (primary N) is 1. The molecule has 7 nitrogen and oxygen atoms in total. The first-order chi connectivity index (χ1) is 16.0. The van der Waals surface area contributed by atoms with Crippen LogP contribution in [0.5, 0.6) is 0 Å². The SMILES string of the molecule is N#Cc1c(CCCNC(=O)C2(c3ccccc3)CCOCC2)nn(-c2ccc(F)cc2)c1N. The second-order valence-corrected chi connectivity index (χ2v) is 8.13. The van der Waals surface area contributed by atoms with Crippen LogP contribution in [0.3, 0.4) is 0 Å². The lowest BCUT2D eigenvalue weighted by molar-refractivity contribution is -0.130. The first-order valence-electron chi connectivity index (χ1n) is 11.0. The third-order valence-electron chi connectivity index (χ3n) is 6.16. The highest BCUT2D eigenvalue weighted by molar-refractivity contribution is 5.88. The molecular weight excluding hydrogens is 421 g/mol. The minimum atomic E-state index is -0.591. The van der Waals surface area contributed by atoms with Crippen molar-refractivity contribution in [3.05, 3.63) is 77.2 Å². The highest BCUT2D eigenvalue weighted by atomic mass is 19.1. The summed E-state index contributed by atoms with van der Waals surface area (Å²) in [5, 5.41) is 17.1. The van der Waals surface area contributed by atoms with E-state index in [4.69, 9.17) is 10.5 Å². The number of halogens is 1. The number of benzene rings is 2. The molecule has 2 heterocycles. The van der Waals surface area contributed by atoms with Crippen LogP contribution in [-0.2, 0) is 21.4 Å². The Kier molecular flexibility index (Phi) is 6.71. The van der Waals surface area contributed by atoms with Crippen molar-refractivity contribution in [2.75, 3.05) is 25.5 Å². The molecule has 1 fully saturated rings. The van der Waals surface area contributed by atoms with Crippen molar-refractivity contribution in [1.29, 1.82) is 5.26 Å². The van der Waals surface area contributed by atoms with Gasteiger partial charge in [0.05, 0.1) is 16.8 Å². The molecule has 4 rings (SSSR count).